The topological polar surface area (TPSA) is 119 Å². The van der Waals surface area contributed by atoms with Gasteiger partial charge in [0.25, 0.3) is 0 Å². The van der Waals surface area contributed by atoms with Gasteiger partial charge < -0.3 is 19.3 Å². The lowest BCUT2D eigenvalue weighted by Crippen LogP contribution is -2.29. The Balaban J connectivity index is 4.27. The largest absolute Gasteiger partial charge is 0.469 e. The van der Waals surface area contributed by atoms with Gasteiger partial charge in [0, 0.05) is 12.8 Å². The van der Waals surface area contributed by atoms with Crippen molar-refractivity contribution in [3.63, 3.8) is 0 Å². The lowest BCUT2D eigenvalue weighted by molar-refractivity contribution is -0.161. The Morgan fingerprint density at radius 1 is 0.917 bits per heavy atom. The zero-order chi connectivity index (χ0) is 18.4. The molecule has 0 aliphatic heterocycles. The molecule has 0 aromatic rings. The third-order valence-electron chi connectivity index (χ3n) is 3.10. The minimum atomic E-state index is -4.69. The Morgan fingerprint density at radius 3 is 2.17 bits per heavy atom. The number of hydrogen-bond acceptors (Lipinski definition) is 6. The van der Waals surface area contributed by atoms with Crippen LogP contribution in [-0.2, 0) is 28.2 Å². The summed E-state index contributed by atoms with van der Waals surface area (Å²) in [6.45, 7) is 3.08. The Kier molecular flexibility index (Phi) is 12.8. The van der Waals surface area contributed by atoms with Gasteiger partial charge in [0.15, 0.2) is 6.10 Å². The molecular weight excluding hydrogens is 339 g/mol. The van der Waals surface area contributed by atoms with E-state index in [1.165, 1.54) is 0 Å². The van der Waals surface area contributed by atoms with E-state index in [1.807, 2.05) is 6.92 Å². The Morgan fingerprint density at radius 2 is 1.58 bits per heavy atom. The molecule has 142 valence electrons. The maximum atomic E-state index is 11.8. The Bertz CT molecular complexity index is 406. The first-order valence-electron chi connectivity index (χ1n) is 8.33. The zero-order valence-corrected chi connectivity index (χ0v) is 15.3. The molecule has 0 radical (unpaired) electrons. The average Bonchev–Trinajstić information content (AvgIpc) is 2.49. The molecule has 0 heterocycles. The fraction of sp³-hybridized carbons (Fsp3) is 0.867. The lowest BCUT2D eigenvalue weighted by atomic mass is 10.1. The summed E-state index contributed by atoms with van der Waals surface area (Å²) in [7, 11) is -4.69. The third-order valence-corrected chi connectivity index (χ3v) is 3.58. The van der Waals surface area contributed by atoms with Crippen LogP contribution in [0.2, 0.25) is 0 Å². The molecular formula is C15H29O8P. The van der Waals surface area contributed by atoms with Gasteiger partial charge in [-0.1, -0.05) is 39.5 Å². The number of ether oxygens (including phenoxy) is 2. The first kappa shape index (κ1) is 23.1. The minimum absolute atomic E-state index is 0.207. The van der Waals surface area contributed by atoms with Crippen LogP contribution in [0, 0.1) is 0 Å². The maximum Gasteiger partial charge on any atom is 0.469 e. The highest BCUT2D eigenvalue weighted by Gasteiger charge is 2.22. The van der Waals surface area contributed by atoms with Gasteiger partial charge in [-0.25, -0.2) is 4.57 Å². The molecule has 0 aliphatic rings. The first-order chi connectivity index (χ1) is 11.3. The third kappa shape index (κ3) is 14.6. The van der Waals surface area contributed by atoms with E-state index < -0.39 is 32.5 Å². The molecule has 2 N–H and O–H groups in total. The number of hydrogen-bond donors (Lipinski definition) is 2. The van der Waals surface area contributed by atoms with Crippen molar-refractivity contribution in [3.8, 4) is 0 Å². The van der Waals surface area contributed by atoms with Crippen LogP contribution in [0.1, 0.15) is 65.2 Å². The SMILES string of the molecule is CCCCCCCC(=O)OC(COC(=O)CCC)COP(=O)(O)O. The standard InChI is InChI=1S/C15H29O8P/c1-3-5-6-7-8-10-15(17)23-13(12-22-24(18,19)20)11-21-14(16)9-4-2/h13H,3-12H2,1-2H3,(H2,18,19,20). The maximum absolute atomic E-state index is 11.8. The van der Waals surface area contributed by atoms with Crippen LogP contribution in [0.4, 0.5) is 0 Å². The number of carbonyl (C=O) groups excluding carboxylic acids is 2. The highest BCUT2D eigenvalue weighted by Crippen LogP contribution is 2.35. The van der Waals surface area contributed by atoms with Crippen molar-refractivity contribution in [3.05, 3.63) is 0 Å². The van der Waals surface area contributed by atoms with Crippen LogP contribution in [0.25, 0.3) is 0 Å². The van der Waals surface area contributed by atoms with Gasteiger partial charge in [-0.2, -0.15) is 0 Å². The lowest BCUT2D eigenvalue weighted by Gasteiger charge is -2.18. The number of esters is 2. The van der Waals surface area contributed by atoms with E-state index >= 15 is 0 Å². The molecule has 0 aliphatic carbocycles. The summed E-state index contributed by atoms with van der Waals surface area (Å²) in [6.07, 6.45) is 4.86. The van der Waals surface area contributed by atoms with Gasteiger partial charge in [0.1, 0.15) is 6.61 Å². The van der Waals surface area contributed by atoms with E-state index in [-0.39, 0.29) is 19.4 Å². The molecule has 9 heteroatoms. The summed E-state index contributed by atoms with van der Waals surface area (Å²) in [5, 5.41) is 0. The van der Waals surface area contributed by atoms with Gasteiger partial charge in [-0.3, -0.25) is 14.1 Å². The van der Waals surface area contributed by atoms with Crippen molar-refractivity contribution in [2.75, 3.05) is 13.2 Å². The number of phosphoric acid groups is 1. The smallest absolute Gasteiger partial charge is 0.462 e. The molecule has 24 heavy (non-hydrogen) atoms. The molecule has 0 saturated heterocycles. The zero-order valence-electron chi connectivity index (χ0n) is 14.4. The van der Waals surface area contributed by atoms with Crippen molar-refractivity contribution in [2.45, 2.75) is 71.3 Å². The highest BCUT2D eigenvalue weighted by molar-refractivity contribution is 7.46. The van der Waals surface area contributed by atoms with Crippen LogP contribution >= 0.6 is 7.82 Å². The van der Waals surface area contributed by atoms with E-state index in [1.54, 1.807) is 0 Å². The summed E-state index contributed by atoms with van der Waals surface area (Å²) < 4.78 is 25.1. The van der Waals surface area contributed by atoms with E-state index in [2.05, 4.69) is 11.4 Å². The molecule has 8 nitrogen and oxygen atoms in total. The quantitative estimate of drug-likeness (QED) is 0.273. The number of unbranched alkanes of at least 4 members (excludes halogenated alkanes) is 4. The predicted octanol–water partition coefficient (Wildman–Crippen LogP) is 2.71. The van der Waals surface area contributed by atoms with Gasteiger partial charge in [0.2, 0.25) is 0 Å². The second-order valence-electron chi connectivity index (χ2n) is 5.50. The second kappa shape index (κ2) is 13.4. The predicted molar refractivity (Wildman–Crippen MR) is 87.1 cm³/mol. The van der Waals surface area contributed by atoms with E-state index in [0.29, 0.717) is 12.8 Å². The molecule has 0 bridgehead atoms. The summed E-state index contributed by atoms with van der Waals surface area (Å²) >= 11 is 0. The fourth-order valence-corrected chi connectivity index (χ4v) is 2.24. The molecule has 1 unspecified atom stereocenters. The van der Waals surface area contributed by atoms with Gasteiger partial charge in [0.05, 0.1) is 6.61 Å². The van der Waals surface area contributed by atoms with Crippen molar-refractivity contribution in [1.82, 2.24) is 0 Å². The average molecular weight is 368 g/mol. The minimum Gasteiger partial charge on any atom is -0.462 e. The molecule has 0 saturated carbocycles. The summed E-state index contributed by atoms with van der Waals surface area (Å²) in [4.78, 5) is 40.6. The fourth-order valence-electron chi connectivity index (χ4n) is 1.88. The summed E-state index contributed by atoms with van der Waals surface area (Å²) in [5.41, 5.74) is 0. The van der Waals surface area contributed by atoms with E-state index in [4.69, 9.17) is 19.3 Å². The van der Waals surface area contributed by atoms with Crippen LogP contribution in [0.15, 0.2) is 0 Å². The molecule has 0 aromatic heterocycles. The number of carbonyl (C=O) groups is 2. The van der Waals surface area contributed by atoms with Gasteiger partial charge in [-0.05, 0) is 12.8 Å². The van der Waals surface area contributed by atoms with E-state index in [0.717, 1.165) is 25.7 Å². The van der Waals surface area contributed by atoms with Crippen molar-refractivity contribution in [2.24, 2.45) is 0 Å². The molecule has 0 aromatic carbocycles. The number of phosphoric ester groups is 1. The number of rotatable bonds is 14. The second-order valence-corrected chi connectivity index (χ2v) is 6.73. The monoisotopic (exact) mass is 368 g/mol. The van der Waals surface area contributed by atoms with Crippen molar-refractivity contribution in [1.29, 1.82) is 0 Å². The Labute approximate surface area is 143 Å². The van der Waals surface area contributed by atoms with Crippen molar-refractivity contribution >= 4 is 19.8 Å². The summed E-state index contributed by atoms with van der Waals surface area (Å²) in [5.74, 6) is -0.966. The molecule has 0 fully saturated rings. The molecule has 1 atom stereocenters. The normalized spacial score (nSPS) is 12.7. The van der Waals surface area contributed by atoms with E-state index in [9.17, 15) is 14.2 Å². The van der Waals surface area contributed by atoms with Crippen LogP contribution in [0.3, 0.4) is 0 Å². The van der Waals surface area contributed by atoms with Crippen LogP contribution in [0.5, 0.6) is 0 Å². The first-order valence-corrected chi connectivity index (χ1v) is 9.86. The van der Waals surface area contributed by atoms with Gasteiger partial charge >= 0.3 is 19.8 Å². The Hall–Kier alpha value is -0.950. The van der Waals surface area contributed by atoms with Crippen molar-refractivity contribution < 1.29 is 37.9 Å². The molecule has 0 rings (SSSR count). The van der Waals surface area contributed by atoms with Gasteiger partial charge in [-0.15, -0.1) is 0 Å². The van der Waals surface area contributed by atoms with Crippen LogP contribution in [-0.4, -0.2) is 41.0 Å². The molecule has 0 spiro atoms. The summed E-state index contributed by atoms with van der Waals surface area (Å²) in [6, 6.07) is 0. The molecule has 0 amide bonds. The van der Waals surface area contributed by atoms with Crippen LogP contribution < -0.4 is 0 Å². The highest BCUT2D eigenvalue weighted by atomic mass is 31.2.